The number of carbonyl (C=O) groups is 1. The molecule has 0 aromatic heterocycles. The highest BCUT2D eigenvalue weighted by Crippen LogP contribution is 2.38. The Kier molecular flexibility index (Phi) is 7.47. The first kappa shape index (κ1) is 20.9. The monoisotopic (exact) mass is 385 g/mol. The van der Waals surface area contributed by atoms with Gasteiger partial charge in [-0.3, -0.25) is 10.0 Å². The Morgan fingerprint density at radius 2 is 1.54 bits per heavy atom. The zero-order chi connectivity index (χ0) is 20.5. The number of ether oxygens (including phenoxy) is 4. The third-order valence-corrected chi connectivity index (χ3v) is 3.96. The Hall–Kier alpha value is -3.45. The van der Waals surface area contributed by atoms with E-state index in [4.69, 9.17) is 24.2 Å². The van der Waals surface area contributed by atoms with Gasteiger partial charge in [-0.2, -0.15) is 0 Å². The third-order valence-electron chi connectivity index (χ3n) is 3.96. The summed E-state index contributed by atoms with van der Waals surface area (Å²) in [5.41, 5.74) is 3.99. The zero-order valence-electron chi connectivity index (χ0n) is 16.2. The second-order valence-electron chi connectivity index (χ2n) is 5.60. The van der Waals surface area contributed by atoms with Gasteiger partial charge in [0.15, 0.2) is 11.5 Å². The van der Waals surface area contributed by atoms with Crippen molar-refractivity contribution in [2.45, 2.75) is 0 Å². The van der Waals surface area contributed by atoms with E-state index in [0.29, 0.717) is 23.0 Å². The second-order valence-corrected chi connectivity index (χ2v) is 5.60. The molecular weight excluding hydrogens is 362 g/mol. The van der Waals surface area contributed by atoms with Gasteiger partial charge in [0.2, 0.25) is 5.75 Å². The molecule has 0 aliphatic carbocycles. The minimum Gasteiger partial charge on any atom is -0.497 e. The van der Waals surface area contributed by atoms with Crippen LogP contribution < -0.4 is 24.4 Å². The second kappa shape index (κ2) is 10.0. The first-order valence-corrected chi connectivity index (χ1v) is 8.34. The van der Waals surface area contributed by atoms with Crippen molar-refractivity contribution in [1.82, 2.24) is 5.48 Å². The molecular formula is C21H23NO6. The van der Waals surface area contributed by atoms with E-state index in [2.05, 4.69) is 0 Å². The molecule has 7 heteroatoms. The molecule has 2 N–H and O–H groups in total. The Morgan fingerprint density at radius 1 is 0.857 bits per heavy atom. The highest BCUT2D eigenvalue weighted by molar-refractivity contribution is 5.92. The van der Waals surface area contributed by atoms with Gasteiger partial charge in [0.1, 0.15) is 5.75 Å². The molecule has 0 saturated carbocycles. The van der Waals surface area contributed by atoms with Crippen LogP contribution in [0.3, 0.4) is 0 Å². The quantitative estimate of drug-likeness (QED) is 0.313. The number of hydroxylamine groups is 1. The average molecular weight is 385 g/mol. The van der Waals surface area contributed by atoms with Crippen molar-refractivity contribution < 1.29 is 28.9 Å². The number of rotatable bonds is 8. The molecule has 0 fully saturated rings. The average Bonchev–Trinajstić information content (AvgIpc) is 2.75. The van der Waals surface area contributed by atoms with Crippen LogP contribution in [0.4, 0.5) is 0 Å². The number of carbonyl (C=O) groups excluding carboxylic acids is 1. The number of methoxy groups -OCH3 is 4. The van der Waals surface area contributed by atoms with Gasteiger partial charge in [-0.15, -0.1) is 0 Å². The molecule has 28 heavy (non-hydrogen) atoms. The van der Waals surface area contributed by atoms with Gasteiger partial charge in [0, 0.05) is 6.08 Å². The summed E-state index contributed by atoms with van der Waals surface area (Å²) in [4.78, 5) is 11.3. The van der Waals surface area contributed by atoms with Gasteiger partial charge in [0.25, 0.3) is 5.91 Å². The lowest BCUT2D eigenvalue weighted by Gasteiger charge is -2.13. The summed E-state index contributed by atoms with van der Waals surface area (Å²) < 4.78 is 21.3. The van der Waals surface area contributed by atoms with Crippen molar-refractivity contribution >= 4 is 24.1 Å². The summed E-state index contributed by atoms with van der Waals surface area (Å²) >= 11 is 0. The van der Waals surface area contributed by atoms with Crippen LogP contribution in [0.2, 0.25) is 0 Å². The molecule has 0 heterocycles. The fourth-order valence-corrected chi connectivity index (χ4v) is 2.56. The zero-order valence-corrected chi connectivity index (χ0v) is 16.2. The van der Waals surface area contributed by atoms with Crippen LogP contribution in [0.15, 0.2) is 36.4 Å². The molecule has 2 aromatic carbocycles. The normalized spacial score (nSPS) is 10.9. The lowest BCUT2D eigenvalue weighted by atomic mass is 10.0. The standard InChI is InChI=1S/C21H23NO6/c1-25-17-9-7-15(16(13-17)8-10-20(23)22-24)6-5-14-11-18(26-2)21(28-4)19(12-14)27-3/h5-13,24H,1-4H3,(H,22,23)/b6-5-,10-8+. The van der Waals surface area contributed by atoms with Crippen molar-refractivity contribution in [2.75, 3.05) is 28.4 Å². The van der Waals surface area contributed by atoms with Crippen molar-refractivity contribution in [2.24, 2.45) is 0 Å². The molecule has 0 aliphatic rings. The van der Waals surface area contributed by atoms with Gasteiger partial charge in [-0.1, -0.05) is 18.2 Å². The summed E-state index contributed by atoms with van der Waals surface area (Å²) in [5, 5.41) is 8.65. The van der Waals surface area contributed by atoms with Gasteiger partial charge in [-0.25, -0.2) is 5.48 Å². The van der Waals surface area contributed by atoms with Crippen LogP contribution in [0, 0.1) is 0 Å². The first-order chi connectivity index (χ1) is 13.6. The Labute approximate surface area is 163 Å². The molecule has 0 spiro atoms. The fraction of sp³-hybridized carbons (Fsp3) is 0.190. The molecule has 1 amide bonds. The van der Waals surface area contributed by atoms with E-state index in [9.17, 15) is 4.79 Å². The van der Waals surface area contributed by atoms with Crippen LogP contribution >= 0.6 is 0 Å². The molecule has 0 aliphatic heterocycles. The summed E-state index contributed by atoms with van der Waals surface area (Å²) in [6.07, 6.45) is 6.58. The number of hydrogen-bond donors (Lipinski definition) is 2. The lowest BCUT2D eigenvalue weighted by molar-refractivity contribution is -0.124. The SMILES string of the molecule is COc1ccc(/C=C\c2cc(OC)c(OC)c(OC)c2)c(/C=C/C(=O)NO)c1. The summed E-state index contributed by atoms with van der Waals surface area (Å²) in [6, 6.07) is 9.13. The molecule has 148 valence electrons. The summed E-state index contributed by atoms with van der Waals surface area (Å²) in [5.74, 6) is 1.65. The Balaban J connectivity index is 2.43. The Bertz CT molecular complexity index is 863. The smallest absolute Gasteiger partial charge is 0.267 e. The van der Waals surface area contributed by atoms with Gasteiger partial charge in [-0.05, 0) is 47.0 Å². The minimum atomic E-state index is -0.623. The molecule has 7 nitrogen and oxygen atoms in total. The largest absolute Gasteiger partial charge is 0.497 e. The van der Waals surface area contributed by atoms with Crippen molar-refractivity contribution in [1.29, 1.82) is 0 Å². The van der Waals surface area contributed by atoms with E-state index in [-0.39, 0.29) is 0 Å². The number of hydrogen-bond acceptors (Lipinski definition) is 6. The van der Waals surface area contributed by atoms with Crippen LogP contribution in [0.25, 0.3) is 18.2 Å². The lowest BCUT2D eigenvalue weighted by Crippen LogP contribution is -2.14. The molecule has 0 atom stereocenters. The van der Waals surface area contributed by atoms with Gasteiger partial charge in [0.05, 0.1) is 28.4 Å². The predicted molar refractivity (Wildman–Crippen MR) is 107 cm³/mol. The van der Waals surface area contributed by atoms with Crippen LogP contribution in [0.5, 0.6) is 23.0 Å². The predicted octanol–water partition coefficient (Wildman–Crippen LogP) is 3.41. The fourth-order valence-electron chi connectivity index (χ4n) is 2.56. The highest BCUT2D eigenvalue weighted by Gasteiger charge is 2.12. The Morgan fingerprint density at radius 3 is 2.07 bits per heavy atom. The maximum absolute atomic E-state index is 11.3. The molecule has 0 bridgehead atoms. The van der Waals surface area contributed by atoms with E-state index in [0.717, 1.165) is 16.7 Å². The molecule has 0 saturated heterocycles. The summed E-state index contributed by atoms with van der Waals surface area (Å²) in [7, 11) is 6.23. The minimum absolute atomic E-state index is 0.519. The summed E-state index contributed by atoms with van der Waals surface area (Å²) in [6.45, 7) is 0. The van der Waals surface area contributed by atoms with Crippen molar-refractivity contribution in [3.05, 3.63) is 53.1 Å². The highest BCUT2D eigenvalue weighted by atomic mass is 16.5. The van der Waals surface area contributed by atoms with Gasteiger partial charge >= 0.3 is 0 Å². The molecule has 2 rings (SSSR count). The van der Waals surface area contributed by atoms with Crippen LogP contribution in [0.1, 0.15) is 16.7 Å². The number of amides is 1. The molecule has 0 unspecified atom stereocenters. The third kappa shape index (κ3) is 5.05. The van der Waals surface area contributed by atoms with E-state index < -0.39 is 5.91 Å². The van der Waals surface area contributed by atoms with E-state index in [1.54, 1.807) is 46.1 Å². The van der Waals surface area contributed by atoms with Crippen molar-refractivity contribution in [3.63, 3.8) is 0 Å². The van der Waals surface area contributed by atoms with E-state index >= 15 is 0 Å². The number of benzene rings is 2. The van der Waals surface area contributed by atoms with Gasteiger partial charge < -0.3 is 18.9 Å². The van der Waals surface area contributed by atoms with Crippen LogP contribution in [-0.2, 0) is 4.79 Å². The molecule has 0 radical (unpaired) electrons. The van der Waals surface area contributed by atoms with E-state index in [1.165, 1.54) is 6.08 Å². The maximum atomic E-state index is 11.3. The van der Waals surface area contributed by atoms with Crippen molar-refractivity contribution in [3.8, 4) is 23.0 Å². The maximum Gasteiger partial charge on any atom is 0.267 e. The number of nitrogens with one attached hydrogen (secondary N) is 1. The first-order valence-electron chi connectivity index (χ1n) is 8.34. The van der Waals surface area contributed by atoms with E-state index in [1.807, 2.05) is 36.4 Å². The van der Waals surface area contributed by atoms with Crippen LogP contribution in [-0.4, -0.2) is 39.6 Å². The topological polar surface area (TPSA) is 86.2 Å². The molecule has 2 aromatic rings.